The molecule has 2 rings (SSSR count). The summed E-state index contributed by atoms with van der Waals surface area (Å²) in [5.74, 6) is 0.674. The number of hydrogen-bond donors (Lipinski definition) is 2. The van der Waals surface area contributed by atoms with Crippen LogP contribution >= 0.6 is 35.6 Å². The highest BCUT2D eigenvalue weighted by atomic mass is 127. The first-order valence-electron chi connectivity index (χ1n) is 8.66. The summed E-state index contributed by atoms with van der Waals surface area (Å²) >= 11 is 5.96. The Morgan fingerprint density at radius 3 is 2.68 bits per heavy atom. The molecule has 0 radical (unpaired) electrons. The number of aromatic nitrogens is 3. The summed E-state index contributed by atoms with van der Waals surface area (Å²) in [7, 11) is 0. The van der Waals surface area contributed by atoms with Crippen LogP contribution in [0.3, 0.4) is 0 Å². The SMILES string of the molecule is CCNC(=NCc1cc(Cl)ccc1OC(F)F)NCCCCn1cnnc1.I. The van der Waals surface area contributed by atoms with Crippen LogP contribution in [0.25, 0.3) is 0 Å². The molecule has 1 heterocycles. The van der Waals surface area contributed by atoms with E-state index in [0.717, 1.165) is 25.9 Å². The molecule has 28 heavy (non-hydrogen) atoms. The largest absolute Gasteiger partial charge is 0.434 e. The molecule has 0 aliphatic carbocycles. The summed E-state index contributed by atoms with van der Waals surface area (Å²) in [5, 5.41) is 14.3. The molecule has 0 aliphatic rings. The number of halogens is 4. The Balaban J connectivity index is 0.00000392. The summed E-state index contributed by atoms with van der Waals surface area (Å²) < 4.78 is 31.5. The number of alkyl halides is 2. The molecule has 2 aromatic rings. The van der Waals surface area contributed by atoms with E-state index in [1.165, 1.54) is 12.1 Å². The lowest BCUT2D eigenvalue weighted by Crippen LogP contribution is -2.37. The maximum Gasteiger partial charge on any atom is 0.387 e. The van der Waals surface area contributed by atoms with Crippen molar-refractivity contribution in [1.29, 1.82) is 0 Å². The van der Waals surface area contributed by atoms with Gasteiger partial charge in [-0.25, -0.2) is 4.99 Å². The maximum absolute atomic E-state index is 12.5. The molecule has 0 saturated heterocycles. The van der Waals surface area contributed by atoms with Gasteiger partial charge >= 0.3 is 6.61 Å². The highest BCUT2D eigenvalue weighted by molar-refractivity contribution is 14.0. The van der Waals surface area contributed by atoms with Crippen LogP contribution < -0.4 is 15.4 Å². The third-order valence-electron chi connectivity index (χ3n) is 3.59. The number of guanidine groups is 1. The number of aliphatic imine (C=N–C) groups is 1. The number of nitrogens with one attached hydrogen (secondary N) is 2. The second kappa shape index (κ2) is 13.5. The van der Waals surface area contributed by atoms with Gasteiger partial charge in [0.25, 0.3) is 0 Å². The molecular weight excluding hydrogens is 505 g/mol. The second-order valence-electron chi connectivity index (χ2n) is 5.66. The number of rotatable bonds is 10. The zero-order valence-corrected chi connectivity index (χ0v) is 18.5. The average molecular weight is 529 g/mol. The van der Waals surface area contributed by atoms with Gasteiger partial charge < -0.3 is 19.9 Å². The molecule has 0 unspecified atom stereocenters. The molecule has 1 aromatic carbocycles. The van der Waals surface area contributed by atoms with Crippen LogP contribution in [-0.2, 0) is 13.1 Å². The van der Waals surface area contributed by atoms with Crippen LogP contribution in [-0.4, -0.2) is 40.4 Å². The minimum absolute atomic E-state index is 0. The fourth-order valence-corrected chi connectivity index (χ4v) is 2.55. The minimum atomic E-state index is -2.90. The van der Waals surface area contributed by atoms with Gasteiger partial charge in [-0.1, -0.05) is 11.6 Å². The molecule has 11 heteroatoms. The van der Waals surface area contributed by atoms with Crippen molar-refractivity contribution in [3.63, 3.8) is 0 Å². The average Bonchev–Trinajstić information content (AvgIpc) is 3.14. The molecule has 0 atom stereocenters. The monoisotopic (exact) mass is 528 g/mol. The fraction of sp³-hybridized carbons (Fsp3) is 0.471. The third-order valence-corrected chi connectivity index (χ3v) is 3.83. The van der Waals surface area contributed by atoms with Crippen LogP contribution in [0.4, 0.5) is 8.78 Å². The molecule has 7 nitrogen and oxygen atoms in total. The van der Waals surface area contributed by atoms with E-state index in [9.17, 15) is 8.78 Å². The molecule has 0 fully saturated rings. The van der Waals surface area contributed by atoms with Gasteiger partial charge in [0.15, 0.2) is 5.96 Å². The van der Waals surface area contributed by atoms with Crippen molar-refractivity contribution in [2.45, 2.75) is 39.5 Å². The zero-order chi connectivity index (χ0) is 19.5. The zero-order valence-electron chi connectivity index (χ0n) is 15.4. The van der Waals surface area contributed by atoms with Crippen molar-refractivity contribution in [2.75, 3.05) is 13.1 Å². The van der Waals surface area contributed by atoms with Crippen LogP contribution in [0.2, 0.25) is 5.02 Å². The van der Waals surface area contributed by atoms with Gasteiger partial charge in [-0.05, 0) is 38.0 Å². The number of ether oxygens (including phenoxy) is 1. The maximum atomic E-state index is 12.5. The lowest BCUT2D eigenvalue weighted by Gasteiger charge is -2.13. The Kier molecular flexibility index (Phi) is 11.7. The van der Waals surface area contributed by atoms with Crippen molar-refractivity contribution in [3.05, 3.63) is 41.4 Å². The Labute approximate surface area is 184 Å². The Morgan fingerprint density at radius 1 is 1.25 bits per heavy atom. The van der Waals surface area contributed by atoms with Gasteiger partial charge in [-0.2, -0.15) is 8.78 Å². The predicted molar refractivity (Wildman–Crippen MR) is 116 cm³/mol. The number of unbranched alkanes of at least 4 members (excludes halogenated alkanes) is 1. The van der Waals surface area contributed by atoms with Crippen LogP contribution in [0.5, 0.6) is 5.75 Å². The van der Waals surface area contributed by atoms with E-state index < -0.39 is 6.61 Å². The highest BCUT2D eigenvalue weighted by Gasteiger charge is 2.10. The first-order chi connectivity index (χ1) is 13.1. The molecule has 0 amide bonds. The van der Waals surface area contributed by atoms with Gasteiger partial charge in [0.2, 0.25) is 0 Å². The topological polar surface area (TPSA) is 76.4 Å². The molecular formula is C17H24ClF2IN6O. The van der Waals surface area contributed by atoms with E-state index >= 15 is 0 Å². The van der Waals surface area contributed by atoms with E-state index in [2.05, 4.69) is 30.6 Å². The summed E-state index contributed by atoms with van der Waals surface area (Å²) in [6.45, 7) is 1.48. The highest BCUT2D eigenvalue weighted by Crippen LogP contribution is 2.25. The summed E-state index contributed by atoms with van der Waals surface area (Å²) in [6, 6.07) is 4.50. The van der Waals surface area contributed by atoms with E-state index in [0.29, 0.717) is 23.1 Å². The van der Waals surface area contributed by atoms with Crippen molar-refractivity contribution >= 4 is 41.5 Å². The minimum Gasteiger partial charge on any atom is -0.434 e. The van der Waals surface area contributed by atoms with E-state index in [1.807, 2.05) is 11.5 Å². The molecule has 156 valence electrons. The van der Waals surface area contributed by atoms with E-state index in [1.54, 1.807) is 18.7 Å². The molecule has 0 aliphatic heterocycles. The normalized spacial score (nSPS) is 11.2. The molecule has 1 aromatic heterocycles. The van der Waals surface area contributed by atoms with Gasteiger partial charge in [-0.15, -0.1) is 34.2 Å². The molecule has 0 saturated carbocycles. The van der Waals surface area contributed by atoms with Crippen molar-refractivity contribution < 1.29 is 13.5 Å². The summed E-state index contributed by atoms with van der Waals surface area (Å²) in [6.07, 6.45) is 5.26. The first-order valence-corrected chi connectivity index (χ1v) is 9.04. The number of hydrogen-bond acceptors (Lipinski definition) is 4. The number of nitrogens with zero attached hydrogens (tertiary/aromatic N) is 4. The molecule has 0 spiro atoms. The Morgan fingerprint density at radius 2 is 2.00 bits per heavy atom. The molecule has 0 bridgehead atoms. The fourth-order valence-electron chi connectivity index (χ4n) is 2.35. The predicted octanol–water partition coefficient (Wildman–Crippen LogP) is 3.69. The lowest BCUT2D eigenvalue weighted by atomic mass is 10.2. The van der Waals surface area contributed by atoms with Crippen LogP contribution in [0.1, 0.15) is 25.3 Å². The summed E-state index contributed by atoms with van der Waals surface area (Å²) in [5.41, 5.74) is 0.493. The van der Waals surface area contributed by atoms with E-state index in [-0.39, 0.29) is 36.3 Å². The first kappa shape index (κ1) is 24.3. The Hall–Kier alpha value is -1.69. The quantitative estimate of drug-likeness (QED) is 0.213. The standard InChI is InChI=1S/C17H23ClF2N6O.HI/c1-2-21-17(22-7-3-4-8-26-11-24-25-12-26)23-10-13-9-14(18)5-6-15(13)27-16(19)20;/h5-6,9,11-12,16H,2-4,7-8,10H2,1H3,(H2,21,22,23);1H. The smallest absolute Gasteiger partial charge is 0.387 e. The van der Waals surface area contributed by atoms with Gasteiger partial charge in [0.05, 0.1) is 6.54 Å². The molecule has 2 N–H and O–H groups in total. The number of benzene rings is 1. The Bertz CT molecular complexity index is 718. The van der Waals surface area contributed by atoms with Gasteiger partial charge in [-0.3, -0.25) is 0 Å². The lowest BCUT2D eigenvalue weighted by molar-refractivity contribution is -0.0504. The van der Waals surface area contributed by atoms with Gasteiger partial charge in [0.1, 0.15) is 18.4 Å². The van der Waals surface area contributed by atoms with Crippen LogP contribution in [0.15, 0.2) is 35.8 Å². The van der Waals surface area contributed by atoms with Crippen molar-refractivity contribution in [2.24, 2.45) is 4.99 Å². The third kappa shape index (κ3) is 9.00. The van der Waals surface area contributed by atoms with Gasteiger partial charge in [0, 0.05) is 30.2 Å². The van der Waals surface area contributed by atoms with Crippen LogP contribution in [0, 0.1) is 0 Å². The second-order valence-corrected chi connectivity index (χ2v) is 6.10. The number of aryl methyl sites for hydroxylation is 1. The van der Waals surface area contributed by atoms with E-state index in [4.69, 9.17) is 11.6 Å². The summed E-state index contributed by atoms with van der Waals surface area (Å²) in [4.78, 5) is 4.43. The van der Waals surface area contributed by atoms with Crippen molar-refractivity contribution in [1.82, 2.24) is 25.4 Å². The van der Waals surface area contributed by atoms with Crippen molar-refractivity contribution in [3.8, 4) is 5.75 Å².